The van der Waals surface area contributed by atoms with Gasteiger partial charge in [-0.05, 0) is 61.2 Å². The van der Waals surface area contributed by atoms with Crippen molar-refractivity contribution in [1.82, 2.24) is 9.80 Å². The van der Waals surface area contributed by atoms with Crippen molar-refractivity contribution in [2.45, 2.75) is 32.2 Å². The molecule has 2 amide bonds. The summed E-state index contributed by atoms with van der Waals surface area (Å²) in [5, 5.41) is 2.08. The van der Waals surface area contributed by atoms with Crippen molar-refractivity contribution in [1.29, 1.82) is 0 Å². The van der Waals surface area contributed by atoms with E-state index < -0.39 is 0 Å². The lowest BCUT2D eigenvalue weighted by molar-refractivity contribution is -0.144. The van der Waals surface area contributed by atoms with Crippen LogP contribution in [0.15, 0.2) is 35.7 Å². The van der Waals surface area contributed by atoms with E-state index in [1.807, 2.05) is 36.1 Å². The number of nitrogens with zero attached hydrogens (tertiary/aromatic N) is 2. The second-order valence-electron chi connectivity index (χ2n) is 8.43. The molecule has 2 aromatic rings. The Bertz CT molecular complexity index is 907. The van der Waals surface area contributed by atoms with Gasteiger partial charge in [0.2, 0.25) is 11.8 Å². The lowest BCUT2D eigenvalue weighted by atomic mass is 10.0. The van der Waals surface area contributed by atoms with Gasteiger partial charge in [0.1, 0.15) is 19.0 Å². The van der Waals surface area contributed by atoms with Gasteiger partial charge < -0.3 is 19.3 Å². The summed E-state index contributed by atoms with van der Waals surface area (Å²) in [7, 11) is 1.51. The van der Waals surface area contributed by atoms with Gasteiger partial charge in [-0.2, -0.15) is 0 Å². The maximum absolute atomic E-state index is 13.4. The van der Waals surface area contributed by atoms with E-state index in [1.54, 1.807) is 16.2 Å². The molecule has 166 valence electrons. The van der Waals surface area contributed by atoms with Crippen LogP contribution in [-0.4, -0.2) is 61.6 Å². The summed E-state index contributed by atoms with van der Waals surface area (Å²) in [4.78, 5) is 30.7. The summed E-state index contributed by atoms with van der Waals surface area (Å²) in [6.07, 6.45) is 3.09. The number of benzene rings is 1. The summed E-state index contributed by atoms with van der Waals surface area (Å²) in [5.74, 6) is 1.16. The molecule has 1 aromatic carbocycles. The van der Waals surface area contributed by atoms with Gasteiger partial charge in [-0.1, -0.05) is 17.7 Å². The lowest BCUT2D eigenvalue weighted by Gasteiger charge is -2.37. The van der Waals surface area contributed by atoms with Crippen molar-refractivity contribution in [3.05, 3.63) is 51.7 Å². The normalized spacial score (nSPS) is 17.9. The van der Waals surface area contributed by atoms with Crippen molar-refractivity contribution in [3.63, 3.8) is 0 Å². The SMILES string of the molecule is COCC(=O)N(CC(=O)N1CCc2sccc2[C@H]1COc1ccc(C)cc1)CC1CC1. The second kappa shape index (κ2) is 9.83. The molecule has 2 heterocycles. The molecule has 1 aliphatic carbocycles. The van der Waals surface area contributed by atoms with Crippen LogP contribution in [0.25, 0.3) is 0 Å². The van der Waals surface area contributed by atoms with Crippen LogP contribution in [0.4, 0.5) is 0 Å². The Hall–Kier alpha value is -2.38. The predicted octanol–water partition coefficient (Wildman–Crippen LogP) is 3.45. The third kappa shape index (κ3) is 5.46. The van der Waals surface area contributed by atoms with E-state index >= 15 is 0 Å². The van der Waals surface area contributed by atoms with E-state index in [0.717, 1.165) is 30.6 Å². The molecule has 31 heavy (non-hydrogen) atoms. The summed E-state index contributed by atoms with van der Waals surface area (Å²) in [6.45, 7) is 3.82. The molecule has 0 saturated heterocycles. The molecule has 0 radical (unpaired) electrons. The third-order valence-corrected chi connectivity index (χ3v) is 6.96. The first-order valence-corrected chi connectivity index (χ1v) is 11.7. The van der Waals surface area contributed by atoms with Gasteiger partial charge in [-0.3, -0.25) is 9.59 Å². The molecule has 1 aromatic heterocycles. The Morgan fingerprint density at radius 2 is 1.97 bits per heavy atom. The quantitative estimate of drug-likeness (QED) is 0.597. The largest absolute Gasteiger partial charge is 0.491 e. The van der Waals surface area contributed by atoms with Gasteiger partial charge in [0, 0.05) is 25.1 Å². The highest BCUT2D eigenvalue weighted by atomic mass is 32.1. The summed E-state index contributed by atoms with van der Waals surface area (Å²) in [5.41, 5.74) is 2.34. The van der Waals surface area contributed by atoms with Crippen molar-refractivity contribution in [3.8, 4) is 5.75 Å². The molecule has 1 aliphatic heterocycles. The van der Waals surface area contributed by atoms with Gasteiger partial charge in [-0.15, -0.1) is 11.3 Å². The fraction of sp³-hybridized carbons (Fsp3) is 0.500. The van der Waals surface area contributed by atoms with E-state index in [2.05, 4.69) is 11.4 Å². The summed E-state index contributed by atoms with van der Waals surface area (Å²) in [6, 6.07) is 9.91. The molecule has 0 N–H and O–H groups in total. The molecule has 0 spiro atoms. The van der Waals surface area contributed by atoms with Crippen LogP contribution >= 0.6 is 11.3 Å². The van der Waals surface area contributed by atoms with Crippen LogP contribution in [0, 0.1) is 12.8 Å². The molecule has 7 heteroatoms. The van der Waals surface area contributed by atoms with Crippen LogP contribution in [0.1, 0.15) is 34.9 Å². The van der Waals surface area contributed by atoms with E-state index in [4.69, 9.17) is 9.47 Å². The highest BCUT2D eigenvalue weighted by molar-refractivity contribution is 7.10. The molecule has 1 atom stereocenters. The molecule has 0 bridgehead atoms. The van der Waals surface area contributed by atoms with Crippen molar-refractivity contribution in [2.24, 2.45) is 5.92 Å². The number of amides is 2. The van der Waals surface area contributed by atoms with Gasteiger partial charge in [0.15, 0.2) is 0 Å². The zero-order valence-corrected chi connectivity index (χ0v) is 19.0. The number of fused-ring (bicyclic) bond motifs is 1. The van der Waals surface area contributed by atoms with Crippen LogP contribution in [0.5, 0.6) is 5.75 Å². The van der Waals surface area contributed by atoms with E-state index in [-0.39, 0.29) is 31.0 Å². The van der Waals surface area contributed by atoms with E-state index in [1.165, 1.54) is 17.6 Å². The summed E-state index contributed by atoms with van der Waals surface area (Å²) >= 11 is 1.73. The Morgan fingerprint density at radius 3 is 2.68 bits per heavy atom. The van der Waals surface area contributed by atoms with Gasteiger partial charge in [-0.25, -0.2) is 0 Å². The van der Waals surface area contributed by atoms with Crippen LogP contribution in [0.3, 0.4) is 0 Å². The predicted molar refractivity (Wildman–Crippen MR) is 120 cm³/mol. The maximum atomic E-state index is 13.4. The highest BCUT2D eigenvalue weighted by Crippen LogP contribution is 2.34. The second-order valence-corrected chi connectivity index (χ2v) is 9.43. The Balaban J connectivity index is 1.48. The number of carbonyl (C=O) groups is 2. The maximum Gasteiger partial charge on any atom is 0.249 e. The molecule has 1 fully saturated rings. The minimum absolute atomic E-state index is 0.00857. The van der Waals surface area contributed by atoms with Crippen LogP contribution < -0.4 is 4.74 Å². The Labute approximate surface area is 187 Å². The minimum atomic E-state index is -0.149. The van der Waals surface area contributed by atoms with E-state index in [9.17, 15) is 9.59 Å². The fourth-order valence-corrected chi connectivity index (χ4v) is 4.95. The smallest absolute Gasteiger partial charge is 0.249 e. The Kier molecular flexibility index (Phi) is 6.92. The standard InChI is InChI=1S/C24H30N2O4S/c1-17-3-7-19(8-4-17)30-15-21-20-10-12-31-22(20)9-11-26(21)23(27)14-25(13-18-5-6-18)24(28)16-29-2/h3-4,7-8,10,12,18,21H,5-6,9,11,13-16H2,1-2H3/t21-/m1/s1. The monoisotopic (exact) mass is 442 g/mol. The van der Waals surface area contributed by atoms with Crippen molar-refractivity contribution < 1.29 is 19.1 Å². The third-order valence-electron chi connectivity index (χ3n) is 5.97. The zero-order chi connectivity index (χ0) is 21.8. The first-order chi connectivity index (χ1) is 15.0. The van der Waals surface area contributed by atoms with E-state index in [0.29, 0.717) is 25.6 Å². The van der Waals surface area contributed by atoms with Gasteiger partial charge in [0.05, 0.1) is 12.6 Å². The zero-order valence-electron chi connectivity index (χ0n) is 18.2. The van der Waals surface area contributed by atoms with Gasteiger partial charge in [0.25, 0.3) is 0 Å². The topological polar surface area (TPSA) is 59.1 Å². The molecular formula is C24H30N2O4S. The first kappa shape index (κ1) is 21.8. The number of aryl methyl sites for hydroxylation is 1. The molecule has 1 saturated carbocycles. The molecule has 0 unspecified atom stereocenters. The average molecular weight is 443 g/mol. The first-order valence-electron chi connectivity index (χ1n) is 10.9. The van der Waals surface area contributed by atoms with Crippen molar-refractivity contribution >= 4 is 23.2 Å². The average Bonchev–Trinajstić information content (AvgIpc) is 3.45. The number of thiophene rings is 1. The number of hydrogen-bond acceptors (Lipinski definition) is 5. The van der Waals surface area contributed by atoms with Crippen molar-refractivity contribution in [2.75, 3.05) is 40.0 Å². The molecule has 2 aliphatic rings. The number of rotatable bonds is 9. The summed E-state index contributed by atoms with van der Waals surface area (Å²) < 4.78 is 11.1. The molecule has 4 rings (SSSR count). The number of ether oxygens (including phenoxy) is 2. The fourth-order valence-electron chi connectivity index (χ4n) is 4.02. The van der Waals surface area contributed by atoms with Gasteiger partial charge >= 0.3 is 0 Å². The lowest BCUT2D eigenvalue weighted by Crippen LogP contribution is -2.48. The van der Waals surface area contributed by atoms with Crippen LogP contribution in [-0.2, 0) is 20.7 Å². The minimum Gasteiger partial charge on any atom is -0.491 e. The Morgan fingerprint density at radius 1 is 1.19 bits per heavy atom. The number of carbonyl (C=O) groups excluding carboxylic acids is 2. The molecule has 6 nitrogen and oxygen atoms in total. The molecular weight excluding hydrogens is 412 g/mol. The number of hydrogen-bond donors (Lipinski definition) is 0. The number of methoxy groups -OCH3 is 1. The highest BCUT2D eigenvalue weighted by Gasteiger charge is 2.34. The van der Waals surface area contributed by atoms with Crippen LogP contribution in [0.2, 0.25) is 0 Å².